The average Bonchev–Trinajstić information content (AvgIpc) is 0.756. The predicted octanol–water partition coefficient (Wildman–Crippen LogP) is 36.0. The number of nitrogens with zero attached hydrogens (tertiary/aromatic N) is 3. The Morgan fingerprint density at radius 2 is 0.301 bits per heavy atom. The second kappa shape index (κ2) is 66.4. The standard InChI is InChI=1S/3C40H57Cl3N.BO3/c3*1-5-9-13-14-15-39(44(30-10-6-2,31-11-7-3)32-12-8-4)28-29-40(33-16-22-36(41)23-17-33,34-18-24-37(42)25-19-34)35-20-26-38(43)27-21-35;2-1(3)4/h3*16-27,39H,5-15,28-32H2,1-4H3;/q3*+1;-3. The summed E-state index contributed by atoms with van der Waals surface area (Å²) in [5.41, 5.74) is 10.4. The van der Waals surface area contributed by atoms with Gasteiger partial charge in [-0.05, 0) is 275 Å². The highest BCUT2D eigenvalue weighted by Crippen LogP contribution is 2.51. The topological polar surface area (TPSA) is 69.2 Å². The molecular weight excluding hydrogens is 1860 g/mol. The van der Waals surface area contributed by atoms with Gasteiger partial charge in [0, 0.05) is 80.7 Å². The molecule has 16 heteroatoms. The van der Waals surface area contributed by atoms with E-state index < -0.39 is 7.32 Å². The Hall–Kier alpha value is -4.59. The zero-order valence-corrected chi connectivity index (χ0v) is 92.3. The van der Waals surface area contributed by atoms with Crippen LogP contribution >= 0.6 is 104 Å². The van der Waals surface area contributed by atoms with Crippen molar-refractivity contribution in [1.82, 2.24) is 0 Å². The molecule has 0 radical (unpaired) electrons. The molecule has 0 aromatic heterocycles. The van der Waals surface area contributed by atoms with E-state index in [1.165, 1.54) is 334 Å². The lowest BCUT2D eigenvalue weighted by Crippen LogP contribution is -2.57. The minimum atomic E-state index is -2.92. The Bertz CT molecular complexity index is 3700. The second-order valence-corrected chi connectivity index (χ2v) is 43.0. The lowest BCUT2D eigenvalue weighted by Gasteiger charge is -2.47. The SMILES string of the molecule is CCCCCCC(CCC(c1ccc(Cl)cc1)(c1ccc(Cl)cc1)c1ccc(Cl)cc1)[N+](CCCC)(CCCC)CCCC.CCCCCCC(CCC(c1ccc(Cl)cc1)(c1ccc(Cl)cc1)c1ccc(Cl)cc1)[N+](CCCC)(CCCC)CCCC.CCCCCCC(CCC(c1ccc(Cl)cc1)(c1ccc(Cl)cc1)c1ccc(Cl)cc1)[N+](CCCC)(CCCC)CCCC.[O-]B([O-])[O-]. The van der Waals surface area contributed by atoms with E-state index in [-0.39, 0.29) is 16.2 Å². The van der Waals surface area contributed by atoms with Crippen LogP contribution in [0.5, 0.6) is 0 Å². The van der Waals surface area contributed by atoms with Crippen LogP contribution in [0.15, 0.2) is 218 Å². The van der Waals surface area contributed by atoms with E-state index in [0.29, 0.717) is 18.1 Å². The fourth-order valence-corrected chi connectivity index (χ4v) is 23.1. The normalized spacial score (nSPS) is 12.7. The smallest absolute Gasteiger partial charge is 0.0890 e. The van der Waals surface area contributed by atoms with Crippen LogP contribution < -0.4 is 15.1 Å². The second-order valence-electron chi connectivity index (χ2n) is 39.0. The monoisotopic (exact) mass is 2030 g/mol. The molecule has 9 rings (SSSR count). The number of quaternary nitrogens is 3. The van der Waals surface area contributed by atoms with Crippen molar-refractivity contribution in [2.75, 3.05) is 58.9 Å². The molecule has 0 N–H and O–H groups in total. The minimum absolute atomic E-state index is 0.350. The summed E-state index contributed by atoms with van der Waals surface area (Å²) in [6.45, 7) is 39.9. The van der Waals surface area contributed by atoms with E-state index >= 15 is 0 Å². The summed E-state index contributed by atoms with van der Waals surface area (Å²) >= 11 is 58.3. The largest absolute Gasteiger partial charge is 0.907 e. The zero-order chi connectivity index (χ0) is 99.1. The summed E-state index contributed by atoms with van der Waals surface area (Å²) in [6.07, 6.45) is 49.2. The first-order valence-corrected chi connectivity index (χ1v) is 56.6. The molecule has 0 spiro atoms. The summed E-state index contributed by atoms with van der Waals surface area (Å²) in [5, 5.41) is 32.1. The van der Waals surface area contributed by atoms with Crippen molar-refractivity contribution >= 4 is 112 Å². The van der Waals surface area contributed by atoms with E-state index in [1.807, 2.05) is 109 Å². The number of rotatable bonds is 63. The molecule has 0 heterocycles. The van der Waals surface area contributed by atoms with Gasteiger partial charge < -0.3 is 28.5 Å². The molecule has 6 nitrogen and oxygen atoms in total. The van der Waals surface area contributed by atoms with Gasteiger partial charge in [0.2, 0.25) is 0 Å². The summed E-state index contributed by atoms with van der Waals surface area (Å²) in [5.74, 6) is 0. The first-order valence-electron chi connectivity index (χ1n) is 53.2. The molecule has 0 aliphatic heterocycles. The van der Waals surface area contributed by atoms with Crippen molar-refractivity contribution in [3.63, 3.8) is 0 Å². The fourth-order valence-electron chi connectivity index (χ4n) is 22.0. The quantitative estimate of drug-likeness (QED) is 0.0165. The van der Waals surface area contributed by atoms with Crippen LogP contribution in [-0.4, -0.2) is 97.8 Å². The maximum atomic E-state index is 8.42. The Morgan fingerprint density at radius 3 is 0.412 bits per heavy atom. The first-order chi connectivity index (χ1) is 65.8. The summed E-state index contributed by atoms with van der Waals surface area (Å²) in [4.78, 5) is 0. The van der Waals surface area contributed by atoms with E-state index in [1.54, 1.807) is 0 Å². The van der Waals surface area contributed by atoms with E-state index in [4.69, 9.17) is 119 Å². The van der Waals surface area contributed by atoms with Gasteiger partial charge in [-0.1, -0.05) is 412 Å². The zero-order valence-electron chi connectivity index (χ0n) is 85.5. The maximum absolute atomic E-state index is 8.42. The Kier molecular flexibility index (Phi) is 58.6. The lowest BCUT2D eigenvalue weighted by atomic mass is 9.66. The third-order valence-electron chi connectivity index (χ3n) is 29.7. The van der Waals surface area contributed by atoms with E-state index in [0.717, 1.165) is 83.7 Å². The Labute approximate surface area is 873 Å². The summed E-state index contributed by atoms with van der Waals surface area (Å²) in [7, 11) is -2.92. The Morgan fingerprint density at radius 1 is 0.184 bits per heavy atom. The molecule has 9 aromatic carbocycles. The van der Waals surface area contributed by atoms with Crippen LogP contribution in [0.25, 0.3) is 0 Å². The minimum Gasteiger partial charge on any atom is -0.907 e. The van der Waals surface area contributed by atoms with Crippen LogP contribution in [0.1, 0.15) is 384 Å². The molecule has 0 bridgehead atoms. The Balaban J connectivity index is 0.000000307. The number of unbranched alkanes of at least 4 members (excludes halogenated alkanes) is 18. The number of benzene rings is 9. The predicted molar refractivity (Wildman–Crippen MR) is 593 cm³/mol. The highest BCUT2D eigenvalue weighted by molar-refractivity contribution is 6.33. The molecular formula is C120H171BCl9N3O3. The molecule has 750 valence electrons. The molecule has 0 saturated carbocycles. The van der Waals surface area contributed by atoms with Crippen LogP contribution in [0.2, 0.25) is 45.2 Å². The molecule has 9 aromatic rings. The molecule has 0 amide bonds. The van der Waals surface area contributed by atoms with Crippen molar-refractivity contribution in [1.29, 1.82) is 0 Å². The van der Waals surface area contributed by atoms with Gasteiger partial charge in [-0.25, -0.2) is 0 Å². The van der Waals surface area contributed by atoms with Crippen molar-refractivity contribution in [2.24, 2.45) is 0 Å². The van der Waals surface area contributed by atoms with E-state index in [9.17, 15) is 0 Å². The molecule has 0 fully saturated rings. The number of hydrogen-bond acceptors (Lipinski definition) is 3. The van der Waals surface area contributed by atoms with E-state index in [2.05, 4.69) is 192 Å². The third-order valence-corrected chi connectivity index (χ3v) is 32.0. The van der Waals surface area contributed by atoms with Gasteiger partial charge in [0.25, 0.3) is 0 Å². The lowest BCUT2D eigenvalue weighted by molar-refractivity contribution is -0.952. The van der Waals surface area contributed by atoms with Crippen molar-refractivity contribution in [3.05, 3.63) is 314 Å². The summed E-state index contributed by atoms with van der Waals surface area (Å²) < 4.78 is 3.83. The van der Waals surface area contributed by atoms with Gasteiger partial charge in [-0.15, -0.1) is 0 Å². The van der Waals surface area contributed by atoms with Crippen LogP contribution in [0.4, 0.5) is 0 Å². The van der Waals surface area contributed by atoms with Crippen LogP contribution in [0.3, 0.4) is 0 Å². The van der Waals surface area contributed by atoms with Gasteiger partial charge in [0.15, 0.2) is 0 Å². The number of halogens is 9. The molecule has 3 atom stereocenters. The maximum Gasteiger partial charge on any atom is 0.0890 e. The average molecular weight is 2030 g/mol. The third kappa shape index (κ3) is 37.5. The fraction of sp³-hybridized carbons (Fsp3) is 0.550. The first kappa shape index (κ1) is 120. The molecule has 0 aliphatic rings. The summed E-state index contributed by atoms with van der Waals surface area (Å²) in [6, 6.07) is 78.9. The van der Waals surface area contributed by atoms with Crippen LogP contribution in [0, 0.1) is 0 Å². The number of hydrogen-bond donors (Lipinski definition) is 0. The van der Waals surface area contributed by atoms with Crippen molar-refractivity contribution < 1.29 is 28.5 Å². The molecule has 0 aliphatic carbocycles. The van der Waals surface area contributed by atoms with Crippen molar-refractivity contribution in [2.45, 2.75) is 368 Å². The van der Waals surface area contributed by atoms with Gasteiger partial charge in [0.1, 0.15) is 0 Å². The highest BCUT2D eigenvalue weighted by atomic mass is 35.5. The van der Waals surface area contributed by atoms with Crippen LogP contribution in [-0.2, 0) is 16.2 Å². The van der Waals surface area contributed by atoms with Gasteiger partial charge in [-0.2, -0.15) is 0 Å². The van der Waals surface area contributed by atoms with Crippen molar-refractivity contribution in [3.8, 4) is 0 Å². The van der Waals surface area contributed by atoms with Gasteiger partial charge in [0.05, 0.1) is 77.0 Å². The van der Waals surface area contributed by atoms with Gasteiger partial charge in [-0.3, -0.25) is 7.32 Å². The molecule has 3 unspecified atom stereocenters. The molecule has 136 heavy (non-hydrogen) atoms. The highest BCUT2D eigenvalue weighted by Gasteiger charge is 2.46. The van der Waals surface area contributed by atoms with Gasteiger partial charge >= 0.3 is 0 Å². The molecule has 0 saturated heterocycles.